The third kappa shape index (κ3) is 3.97. The molecule has 3 N–H and O–H groups in total. The van der Waals surface area contributed by atoms with Crippen molar-refractivity contribution in [2.45, 2.75) is 50.3 Å². The van der Waals surface area contributed by atoms with Crippen molar-refractivity contribution >= 4 is 23.0 Å². The maximum absolute atomic E-state index is 13.7. The first kappa shape index (κ1) is 17.4. The Labute approximate surface area is 146 Å². The third-order valence-electron chi connectivity index (χ3n) is 4.74. The molecule has 1 aromatic heterocycles. The summed E-state index contributed by atoms with van der Waals surface area (Å²) in [5.41, 5.74) is 7.46. The summed E-state index contributed by atoms with van der Waals surface area (Å²) < 4.78 is 19.2. The molecule has 1 saturated carbocycles. The van der Waals surface area contributed by atoms with Crippen LogP contribution < -0.4 is 11.1 Å². The zero-order valence-electron chi connectivity index (χ0n) is 13.8. The fourth-order valence-corrected chi connectivity index (χ4v) is 3.55. The van der Waals surface area contributed by atoms with Gasteiger partial charge in [-0.15, -0.1) is 0 Å². The summed E-state index contributed by atoms with van der Waals surface area (Å²) in [4.78, 5) is 4.37. The van der Waals surface area contributed by atoms with E-state index in [1.54, 1.807) is 13.3 Å². The van der Waals surface area contributed by atoms with Crippen molar-refractivity contribution in [3.63, 3.8) is 0 Å². The van der Waals surface area contributed by atoms with Gasteiger partial charge in [0.1, 0.15) is 11.6 Å². The number of hydrogen-bond donors (Lipinski definition) is 2. The molecule has 0 bridgehead atoms. The second kappa shape index (κ2) is 7.64. The Morgan fingerprint density at radius 3 is 2.79 bits per heavy atom. The van der Waals surface area contributed by atoms with Crippen LogP contribution in [0, 0.1) is 0 Å². The first-order chi connectivity index (χ1) is 11.6. The van der Waals surface area contributed by atoms with Crippen LogP contribution in [0.1, 0.15) is 37.7 Å². The minimum atomic E-state index is -0.262. The van der Waals surface area contributed by atoms with Gasteiger partial charge in [-0.1, -0.05) is 11.6 Å². The zero-order chi connectivity index (χ0) is 17.1. The largest absolute Gasteiger partial charge is 0.376 e. The Morgan fingerprint density at radius 2 is 2.08 bits per heavy atom. The molecular weight excluding hydrogens is 329 g/mol. The number of anilines is 1. The smallest absolute Gasteiger partial charge is 0.126 e. The second-order valence-electron chi connectivity index (χ2n) is 6.45. The molecule has 2 aliphatic carbocycles. The van der Waals surface area contributed by atoms with Gasteiger partial charge in [0.05, 0.1) is 11.1 Å². The van der Waals surface area contributed by atoms with Crippen molar-refractivity contribution in [1.82, 2.24) is 4.98 Å². The highest BCUT2D eigenvalue weighted by Crippen LogP contribution is 2.34. The van der Waals surface area contributed by atoms with Gasteiger partial charge in [0.2, 0.25) is 0 Å². The summed E-state index contributed by atoms with van der Waals surface area (Å²) in [6.45, 7) is 0. The monoisotopic (exact) mass is 351 g/mol. The van der Waals surface area contributed by atoms with Crippen molar-refractivity contribution in [3.8, 4) is 0 Å². The van der Waals surface area contributed by atoms with Crippen molar-refractivity contribution in [2.24, 2.45) is 5.73 Å². The van der Waals surface area contributed by atoms with Gasteiger partial charge < -0.3 is 15.8 Å². The molecule has 130 valence electrons. The Balaban J connectivity index is 1.82. The molecule has 24 heavy (non-hydrogen) atoms. The average molecular weight is 352 g/mol. The van der Waals surface area contributed by atoms with Crippen molar-refractivity contribution < 1.29 is 9.13 Å². The molecule has 3 rings (SSSR count). The highest BCUT2D eigenvalue weighted by atomic mass is 35.5. The van der Waals surface area contributed by atoms with Gasteiger partial charge in [-0.25, -0.2) is 9.37 Å². The van der Waals surface area contributed by atoms with Gasteiger partial charge in [-0.2, -0.15) is 0 Å². The minimum absolute atomic E-state index is 0.204. The number of allylic oxidation sites excluding steroid dienone is 2. The van der Waals surface area contributed by atoms with E-state index in [2.05, 4.69) is 10.3 Å². The van der Waals surface area contributed by atoms with Crippen molar-refractivity contribution in [1.29, 1.82) is 0 Å². The Bertz CT molecular complexity index is 654. The van der Waals surface area contributed by atoms with E-state index in [1.807, 2.05) is 6.07 Å². The highest BCUT2D eigenvalue weighted by Gasteiger charge is 2.23. The minimum Gasteiger partial charge on any atom is -0.376 e. The summed E-state index contributed by atoms with van der Waals surface area (Å²) in [6.07, 6.45) is 9.01. The number of nitrogens with one attached hydrogen (secondary N) is 1. The molecule has 4 nitrogen and oxygen atoms in total. The average Bonchev–Trinajstić information content (AvgIpc) is 2.58. The van der Waals surface area contributed by atoms with E-state index in [0.29, 0.717) is 23.5 Å². The predicted octanol–water partition coefficient (Wildman–Crippen LogP) is 4.07. The molecule has 1 fully saturated rings. The number of halogens is 2. The lowest BCUT2D eigenvalue weighted by Crippen LogP contribution is -2.33. The summed E-state index contributed by atoms with van der Waals surface area (Å²) in [5.74, 6) is 0.488. The lowest BCUT2D eigenvalue weighted by molar-refractivity contribution is 0.149. The normalized spacial score (nSPS) is 27.4. The summed E-state index contributed by atoms with van der Waals surface area (Å²) >= 11 is 6.32. The van der Waals surface area contributed by atoms with E-state index >= 15 is 0 Å². The van der Waals surface area contributed by atoms with Gasteiger partial charge in [0.15, 0.2) is 0 Å². The fraction of sp³-hybridized carbons (Fsp3) is 0.500. The van der Waals surface area contributed by atoms with E-state index in [-0.39, 0.29) is 11.9 Å². The van der Waals surface area contributed by atoms with Crippen LogP contribution in [0.4, 0.5) is 10.2 Å². The van der Waals surface area contributed by atoms with E-state index in [9.17, 15) is 4.39 Å². The van der Waals surface area contributed by atoms with Crippen LogP contribution in [0.25, 0.3) is 5.57 Å². The van der Waals surface area contributed by atoms with Crippen LogP contribution in [0.15, 0.2) is 30.2 Å². The summed E-state index contributed by atoms with van der Waals surface area (Å²) in [6, 6.07) is 2.55. The molecule has 0 spiro atoms. The first-order valence-corrected chi connectivity index (χ1v) is 8.72. The quantitative estimate of drug-likeness (QED) is 0.858. The zero-order valence-corrected chi connectivity index (χ0v) is 14.5. The van der Waals surface area contributed by atoms with Gasteiger partial charge in [-0.3, -0.25) is 0 Å². The van der Waals surface area contributed by atoms with E-state index in [4.69, 9.17) is 22.1 Å². The van der Waals surface area contributed by atoms with Crippen molar-refractivity contribution in [3.05, 3.63) is 40.8 Å². The lowest BCUT2D eigenvalue weighted by Gasteiger charge is -2.28. The number of ether oxygens (including phenoxy) is 1. The maximum Gasteiger partial charge on any atom is 0.126 e. The summed E-state index contributed by atoms with van der Waals surface area (Å²) in [5, 5.41) is 3.95. The van der Waals surface area contributed by atoms with E-state index in [0.717, 1.165) is 42.6 Å². The molecule has 0 amide bonds. The van der Waals surface area contributed by atoms with Crippen LogP contribution in [-0.4, -0.2) is 30.3 Å². The molecule has 0 radical (unpaired) electrons. The molecule has 1 unspecified atom stereocenters. The lowest BCUT2D eigenvalue weighted by atomic mass is 9.91. The van der Waals surface area contributed by atoms with Gasteiger partial charge in [0, 0.05) is 31.0 Å². The Morgan fingerprint density at radius 1 is 1.33 bits per heavy atom. The first-order valence-electron chi connectivity index (χ1n) is 8.35. The number of methoxy groups -OCH3 is 1. The molecular formula is C18H23ClFN3O. The predicted molar refractivity (Wildman–Crippen MR) is 95.7 cm³/mol. The van der Waals surface area contributed by atoms with Gasteiger partial charge >= 0.3 is 0 Å². The Hall–Kier alpha value is -1.43. The van der Waals surface area contributed by atoms with Gasteiger partial charge in [0.25, 0.3) is 0 Å². The van der Waals surface area contributed by atoms with E-state index < -0.39 is 0 Å². The van der Waals surface area contributed by atoms with Crippen LogP contribution in [-0.2, 0) is 4.74 Å². The SMILES string of the molecule is COC1CC=C(F)C=C1c1cc(NC2CCC(N)CC2)ncc1Cl. The van der Waals surface area contributed by atoms with Crippen LogP contribution >= 0.6 is 11.6 Å². The fourth-order valence-electron chi connectivity index (χ4n) is 3.33. The molecule has 2 aliphatic rings. The number of aromatic nitrogens is 1. The number of nitrogens with two attached hydrogens (primary N) is 1. The summed E-state index contributed by atoms with van der Waals surface area (Å²) in [7, 11) is 1.62. The molecule has 1 aromatic rings. The topological polar surface area (TPSA) is 60.2 Å². The van der Waals surface area contributed by atoms with Crippen LogP contribution in [0.5, 0.6) is 0 Å². The van der Waals surface area contributed by atoms with Gasteiger partial charge in [-0.05, 0) is 55.9 Å². The Kier molecular flexibility index (Phi) is 5.54. The molecule has 0 aromatic carbocycles. The molecule has 0 aliphatic heterocycles. The standard InChI is InChI=1S/C18H23ClFN3O/c1-24-17-7-2-11(20)8-15(17)14-9-18(22-10-16(14)19)23-13-5-3-12(21)4-6-13/h2,8-10,12-13,17H,3-7,21H2,1H3,(H,22,23). The maximum atomic E-state index is 13.7. The van der Waals surface area contributed by atoms with E-state index in [1.165, 1.54) is 12.2 Å². The number of hydrogen-bond acceptors (Lipinski definition) is 4. The van der Waals surface area contributed by atoms with Crippen LogP contribution in [0.2, 0.25) is 5.02 Å². The van der Waals surface area contributed by atoms with Crippen molar-refractivity contribution in [2.75, 3.05) is 12.4 Å². The second-order valence-corrected chi connectivity index (χ2v) is 6.86. The number of nitrogens with zero attached hydrogens (tertiary/aromatic N) is 1. The number of pyridine rings is 1. The third-order valence-corrected chi connectivity index (χ3v) is 5.04. The highest BCUT2D eigenvalue weighted by molar-refractivity contribution is 6.32. The molecule has 0 saturated heterocycles. The molecule has 1 heterocycles. The van der Waals surface area contributed by atoms with Crippen LogP contribution in [0.3, 0.4) is 0 Å². The molecule has 1 atom stereocenters. The number of rotatable bonds is 4. The molecule has 6 heteroatoms.